The van der Waals surface area contributed by atoms with Gasteiger partial charge >= 0.3 is 17.9 Å². The highest BCUT2D eigenvalue weighted by atomic mass is 16.6. The van der Waals surface area contributed by atoms with Gasteiger partial charge in [0.05, 0.1) is 0 Å². The van der Waals surface area contributed by atoms with Gasteiger partial charge in [0.2, 0.25) is 0 Å². The van der Waals surface area contributed by atoms with Gasteiger partial charge in [-0.2, -0.15) is 0 Å². The predicted octanol–water partition coefficient (Wildman–Crippen LogP) is 21.5. The zero-order chi connectivity index (χ0) is 55.7. The molecule has 6 nitrogen and oxygen atoms in total. The normalized spacial score (nSPS) is 13.1. The fourth-order valence-electron chi connectivity index (χ4n) is 8.22. The standard InChI is InChI=1S/C71H114O6/c1-4-7-10-13-15-17-19-21-23-25-27-29-31-32-33-34-35-36-37-38-40-41-43-45-47-49-51-53-55-58-61-64-70(73)76-67-68(66-75-69(72)63-60-57-12-9-6-3)77-71(74)65-62-59-56-54-52-50-48-46-44-42-39-30-28-26-24-22-20-18-16-14-11-8-5-2/h7-8,10-11,15-18,21-24,27-30,32-33,42,44,48,50,54,56,68H,4-6,9,12-14,19-20,25-26,31,34-41,43,45-47,49,51-53,55,57-67H2,1-3H3/b10-7-,11-8-,17-15-,18-16-,23-21-,24-22-,29-27-,30-28-,33-32-,44-42-,50-48-,56-54-. The quantitative estimate of drug-likeness (QED) is 0.0261. The van der Waals surface area contributed by atoms with Crippen LogP contribution in [0.2, 0.25) is 0 Å². The van der Waals surface area contributed by atoms with Gasteiger partial charge in [0.25, 0.3) is 0 Å². The first-order chi connectivity index (χ1) is 38.0. The lowest BCUT2D eigenvalue weighted by Crippen LogP contribution is -2.30. The first kappa shape index (κ1) is 72.3. The minimum absolute atomic E-state index is 0.105. The maximum Gasteiger partial charge on any atom is 0.306 e. The van der Waals surface area contributed by atoms with Crippen molar-refractivity contribution in [1.82, 2.24) is 0 Å². The molecule has 434 valence electrons. The molecule has 0 saturated heterocycles. The van der Waals surface area contributed by atoms with E-state index in [2.05, 4.69) is 167 Å². The fraction of sp³-hybridized carbons (Fsp3) is 0.620. The van der Waals surface area contributed by atoms with Crippen molar-refractivity contribution in [2.75, 3.05) is 13.2 Å². The zero-order valence-corrected chi connectivity index (χ0v) is 49.7. The number of carbonyl (C=O) groups is 3. The minimum atomic E-state index is -0.810. The number of hydrogen-bond acceptors (Lipinski definition) is 6. The number of carbonyl (C=O) groups excluding carboxylic acids is 3. The lowest BCUT2D eigenvalue weighted by Gasteiger charge is -2.18. The SMILES string of the molecule is CC/C=C\C/C=C\C/C=C\C/C=C\C/C=C\C/C=C\C/C=C\CCCC(=O)OC(COC(=O)CCCCCCC)COC(=O)CCCCCCCCCCCCCCCCC/C=C\C/C=C\C/C=C\C/C=C\C/C=C\CC. The maximum atomic E-state index is 12.8. The van der Waals surface area contributed by atoms with E-state index in [9.17, 15) is 14.4 Å². The minimum Gasteiger partial charge on any atom is -0.462 e. The molecule has 1 atom stereocenters. The zero-order valence-electron chi connectivity index (χ0n) is 49.7. The average Bonchev–Trinajstić information content (AvgIpc) is 3.43. The van der Waals surface area contributed by atoms with Gasteiger partial charge in [-0.3, -0.25) is 14.4 Å². The summed E-state index contributed by atoms with van der Waals surface area (Å²) in [5.74, 6) is -0.981. The second-order valence-corrected chi connectivity index (χ2v) is 20.2. The summed E-state index contributed by atoms with van der Waals surface area (Å²) >= 11 is 0. The van der Waals surface area contributed by atoms with Crippen LogP contribution >= 0.6 is 0 Å². The Balaban J connectivity index is 4.12. The number of allylic oxidation sites excluding steroid dienone is 24. The number of esters is 3. The smallest absolute Gasteiger partial charge is 0.306 e. The lowest BCUT2D eigenvalue weighted by atomic mass is 10.0. The van der Waals surface area contributed by atoms with E-state index in [1.165, 1.54) is 83.5 Å². The summed E-state index contributed by atoms with van der Waals surface area (Å²) in [6.07, 6.45) is 92.0. The molecule has 0 aromatic heterocycles. The van der Waals surface area contributed by atoms with Crippen molar-refractivity contribution in [2.45, 2.75) is 271 Å². The molecule has 0 radical (unpaired) electrons. The summed E-state index contributed by atoms with van der Waals surface area (Å²) in [5, 5.41) is 0. The highest BCUT2D eigenvalue weighted by Gasteiger charge is 2.19. The predicted molar refractivity (Wildman–Crippen MR) is 334 cm³/mol. The summed E-state index contributed by atoms with van der Waals surface area (Å²) in [6.45, 7) is 6.28. The molecule has 0 aromatic carbocycles. The Morgan fingerprint density at radius 3 is 0.831 bits per heavy atom. The summed E-state index contributed by atoms with van der Waals surface area (Å²) in [4.78, 5) is 37.9. The molecular weight excluding hydrogens is 949 g/mol. The number of ether oxygens (including phenoxy) is 3. The van der Waals surface area contributed by atoms with E-state index >= 15 is 0 Å². The van der Waals surface area contributed by atoms with Crippen LogP contribution < -0.4 is 0 Å². The van der Waals surface area contributed by atoms with Crippen molar-refractivity contribution in [2.24, 2.45) is 0 Å². The Kier molecular flexibility index (Phi) is 59.9. The second kappa shape index (κ2) is 63.8. The highest BCUT2D eigenvalue weighted by molar-refractivity contribution is 5.71. The van der Waals surface area contributed by atoms with E-state index in [4.69, 9.17) is 14.2 Å². The van der Waals surface area contributed by atoms with E-state index in [-0.39, 0.29) is 37.5 Å². The Morgan fingerprint density at radius 1 is 0.273 bits per heavy atom. The Bertz CT molecular complexity index is 1700. The number of rotatable bonds is 55. The largest absolute Gasteiger partial charge is 0.462 e. The van der Waals surface area contributed by atoms with Crippen molar-refractivity contribution >= 4 is 17.9 Å². The monoisotopic (exact) mass is 1060 g/mol. The van der Waals surface area contributed by atoms with Crippen molar-refractivity contribution in [3.8, 4) is 0 Å². The van der Waals surface area contributed by atoms with Gasteiger partial charge in [-0.25, -0.2) is 0 Å². The molecule has 0 heterocycles. The van der Waals surface area contributed by atoms with Crippen LogP contribution in [0, 0.1) is 0 Å². The summed E-state index contributed by atoms with van der Waals surface area (Å²) in [7, 11) is 0. The van der Waals surface area contributed by atoms with Crippen LogP contribution in [0.3, 0.4) is 0 Å². The van der Waals surface area contributed by atoms with E-state index < -0.39 is 6.10 Å². The molecule has 0 N–H and O–H groups in total. The molecule has 0 aliphatic carbocycles. The topological polar surface area (TPSA) is 78.9 Å². The highest BCUT2D eigenvalue weighted by Crippen LogP contribution is 2.15. The Morgan fingerprint density at radius 2 is 0.519 bits per heavy atom. The molecule has 0 aliphatic rings. The van der Waals surface area contributed by atoms with Gasteiger partial charge in [0.15, 0.2) is 6.10 Å². The van der Waals surface area contributed by atoms with Crippen LogP contribution in [0.15, 0.2) is 146 Å². The van der Waals surface area contributed by atoms with Gasteiger partial charge in [-0.15, -0.1) is 0 Å². The van der Waals surface area contributed by atoms with Gasteiger partial charge < -0.3 is 14.2 Å². The molecule has 0 amide bonds. The summed E-state index contributed by atoms with van der Waals surface area (Å²) < 4.78 is 16.7. The Labute approximate surface area is 474 Å². The van der Waals surface area contributed by atoms with Crippen LogP contribution in [0.1, 0.15) is 265 Å². The van der Waals surface area contributed by atoms with Crippen LogP contribution in [-0.4, -0.2) is 37.2 Å². The summed E-state index contributed by atoms with van der Waals surface area (Å²) in [5.41, 5.74) is 0. The van der Waals surface area contributed by atoms with Gasteiger partial charge in [-0.05, 0) is 116 Å². The van der Waals surface area contributed by atoms with E-state index in [1.807, 2.05) is 0 Å². The molecule has 0 fully saturated rings. The van der Waals surface area contributed by atoms with Crippen molar-refractivity contribution in [3.63, 3.8) is 0 Å². The van der Waals surface area contributed by atoms with Gasteiger partial charge in [0.1, 0.15) is 13.2 Å². The second-order valence-electron chi connectivity index (χ2n) is 20.2. The van der Waals surface area contributed by atoms with Crippen molar-refractivity contribution < 1.29 is 28.6 Å². The van der Waals surface area contributed by atoms with E-state index in [0.717, 1.165) is 135 Å². The van der Waals surface area contributed by atoms with Crippen LogP contribution in [0.25, 0.3) is 0 Å². The number of unbranched alkanes of at least 4 members (excludes halogenated alkanes) is 20. The first-order valence-electron chi connectivity index (χ1n) is 31.3. The third kappa shape index (κ3) is 62.0. The molecule has 77 heavy (non-hydrogen) atoms. The molecule has 0 spiro atoms. The fourth-order valence-corrected chi connectivity index (χ4v) is 8.22. The molecule has 0 aromatic rings. The molecule has 6 heteroatoms. The van der Waals surface area contributed by atoms with Crippen LogP contribution in [0.5, 0.6) is 0 Å². The van der Waals surface area contributed by atoms with Gasteiger partial charge in [0, 0.05) is 19.3 Å². The maximum absolute atomic E-state index is 12.8. The third-order valence-electron chi connectivity index (χ3n) is 12.8. The van der Waals surface area contributed by atoms with Crippen LogP contribution in [0.4, 0.5) is 0 Å². The van der Waals surface area contributed by atoms with Crippen LogP contribution in [-0.2, 0) is 28.6 Å². The van der Waals surface area contributed by atoms with Crippen molar-refractivity contribution in [1.29, 1.82) is 0 Å². The lowest BCUT2D eigenvalue weighted by molar-refractivity contribution is -0.167. The molecular formula is C71H114O6. The summed E-state index contributed by atoms with van der Waals surface area (Å²) in [6, 6.07) is 0. The van der Waals surface area contributed by atoms with E-state index in [0.29, 0.717) is 19.3 Å². The first-order valence-corrected chi connectivity index (χ1v) is 31.3. The molecule has 0 saturated carbocycles. The molecule has 0 aliphatic heterocycles. The molecule has 0 rings (SSSR count). The van der Waals surface area contributed by atoms with E-state index in [1.54, 1.807) is 0 Å². The molecule has 1 unspecified atom stereocenters. The van der Waals surface area contributed by atoms with Crippen molar-refractivity contribution in [3.05, 3.63) is 146 Å². The third-order valence-corrected chi connectivity index (χ3v) is 12.8. The van der Waals surface area contributed by atoms with Gasteiger partial charge in [-0.1, -0.05) is 276 Å². The average molecular weight is 1060 g/mol. The molecule has 0 bridgehead atoms. The number of hydrogen-bond donors (Lipinski definition) is 0. The Hall–Kier alpha value is -4.71.